The Morgan fingerprint density at radius 2 is 1.43 bits per heavy atom. The summed E-state index contributed by atoms with van der Waals surface area (Å²) >= 11 is 0. The van der Waals surface area contributed by atoms with E-state index in [4.69, 9.17) is 5.73 Å². The normalized spacial score (nSPS) is 11.0. The second-order valence-corrected chi connectivity index (χ2v) is 10.2. The maximum Gasteiger partial charge on any atom is 0.261 e. The number of pyridine rings is 1. The van der Waals surface area contributed by atoms with Crippen molar-refractivity contribution in [2.45, 2.75) is 11.8 Å². The standard InChI is InChI=1S/C27H23N9O3S/c1-17-3-2-4-22(31-17)26-29-15-13-23(34-26)33-24-14-16-30-27(35-24)32-19-7-9-20(10-8-19)36-40(38,39)21-11-5-18(6-12-21)25(28)37/h2-16,36H,1H3,(H2,28,37)(H2,29,30,32,33,34,35). The highest BCUT2D eigenvalue weighted by Gasteiger charge is 2.15. The third kappa shape index (κ3) is 6.34. The van der Waals surface area contributed by atoms with Crippen LogP contribution in [0.1, 0.15) is 16.1 Å². The third-order valence-corrected chi connectivity index (χ3v) is 6.92. The van der Waals surface area contributed by atoms with Crippen LogP contribution in [0.3, 0.4) is 0 Å². The first kappa shape index (κ1) is 26.2. The molecule has 2 aromatic carbocycles. The van der Waals surface area contributed by atoms with Gasteiger partial charge in [0.05, 0.1) is 4.90 Å². The Hall–Kier alpha value is -5.43. The van der Waals surface area contributed by atoms with E-state index in [1.165, 1.54) is 24.3 Å². The van der Waals surface area contributed by atoms with Gasteiger partial charge in [-0.2, -0.15) is 4.98 Å². The van der Waals surface area contributed by atoms with Crippen molar-refractivity contribution in [3.63, 3.8) is 0 Å². The van der Waals surface area contributed by atoms with Crippen LogP contribution in [0.4, 0.5) is 29.0 Å². The Morgan fingerprint density at radius 3 is 2.12 bits per heavy atom. The number of hydrogen-bond acceptors (Lipinski definition) is 10. The largest absolute Gasteiger partial charge is 0.366 e. The molecule has 0 aliphatic heterocycles. The van der Waals surface area contributed by atoms with Gasteiger partial charge in [0.2, 0.25) is 11.9 Å². The molecule has 5 N–H and O–H groups in total. The van der Waals surface area contributed by atoms with E-state index < -0.39 is 15.9 Å². The second kappa shape index (κ2) is 11.1. The minimum absolute atomic E-state index is 0.00312. The molecule has 0 unspecified atom stereocenters. The lowest BCUT2D eigenvalue weighted by molar-refractivity contribution is 0.1000. The minimum Gasteiger partial charge on any atom is -0.366 e. The van der Waals surface area contributed by atoms with Crippen molar-refractivity contribution in [2.24, 2.45) is 5.73 Å². The van der Waals surface area contributed by atoms with Gasteiger partial charge in [0.1, 0.15) is 17.3 Å². The highest BCUT2D eigenvalue weighted by atomic mass is 32.2. The quantitative estimate of drug-likeness (QED) is 0.208. The van der Waals surface area contributed by atoms with Crippen molar-refractivity contribution >= 4 is 44.9 Å². The first-order chi connectivity index (χ1) is 19.2. The van der Waals surface area contributed by atoms with Crippen LogP contribution in [-0.4, -0.2) is 39.2 Å². The van der Waals surface area contributed by atoms with Gasteiger partial charge in [-0.15, -0.1) is 0 Å². The van der Waals surface area contributed by atoms with E-state index in [1.807, 2.05) is 25.1 Å². The first-order valence-corrected chi connectivity index (χ1v) is 13.4. The minimum atomic E-state index is -3.86. The molecule has 0 radical (unpaired) electrons. The van der Waals surface area contributed by atoms with Crippen molar-refractivity contribution in [2.75, 3.05) is 15.4 Å². The molecule has 0 spiro atoms. The summed E-state index contributed by atoms with van der Waals surface area (Å²) in [4.78, 5) is 33.2. The molecule has 12 nitrogen and oxygen atoms in total. The fraction of sp³-hybridized carbons (Fsp3) is 0.0370. The summed E-state index contributed by atoms with van der Waals surface area (Å²) in [5, 5.41) is 6.23. The Balaban J connectivity index is 1.24. The van der Waals surface area contributed by atoms with Crippen LogP contribution >= 0.6 is 0 Å². The second-order valence-electron chi connectivity index (χ2n) is 8.52. The Kier molecular flexibility index (Phi) is 7.29. The van der Waals surface area contributed by atoms with Crippen LogP contribution in [0.5, 0.6) is 0 Å². The maximum absolute atomic E-state index is 12.7. The van der Waals surface area contributed by atoms with E-state index in [-0.39, 0.29) is 10.5 Å². The average molecular weight is 554 g/mol. The molecular weight excluding hydrogens is 530 g/mol. The van der Waals surface area contributed by atoms with Crippen LogP contribution in [-0.2, 0) is 10.0 Å². The maximum atomic E-state index is 12.7. The Bertz CT molecular complexity index is 1780. The number of sulfonamides is 1. The van der Waals surface area contributed by atoms with Crippen molar-refractivity contribution in [1.82, 2.24) is 24.9 Å². The number of nitrogens with one attached hydrogen (secondary N) is 3. The molecule has 3 aromatic heterocycles. The average Bonchev–Trinajstić information content (AvgIpc) is 2.94. The molecule has 0 aliphatic rings. The lowest BCUT2D eigenvalue weighted by atomic mass is 10.2. The number of primary amides is 1. The van der Waals surface area contributed by atoms with Crippen LogP contribution < -0.4 is 21.1 Å². The molecule has 0 atom stereocenters. The number of carbonyl (C=O) groups is 1. The third-order valence-electron chi connectivity index (χ3n) is 5.53. The fourth-order valence-corrected chi connectivity index (χ4v) is 4.66. The Morgan fingerprint density at radius 1 is 0.750 bits per heavy atom. The van der Waals surface area contributed by atoms with Crippen LogP contribution in [0.2, 0.25) is 0 Å². The van der Waals surface area contributed by atoms with Crippen LogP contribution in [0.25, 0.3) is 11.5 Å². The van der Waals surface area contributed by atoms with Crippen molar-refractivity contribution in [1.29, 1.82) is 0 Å². The number of aryl methyl sites for hydroxylation is 1. The topological polar surface area (TPSA) is 178 Å². The molecule has 0 bridgehead atoms. The SMILES string of the molecule is Cc1cccc(-c2nccc(Nc3ccnc(Nc4ccc(NS(=O)(=O)c5ccc(C(N)=O)cc5)cc4)n3)n2)n1. The van der Waals surface area contributed by atoms with Crippen molar-refractivity contribution in [3.8, 4) is 11.5 Å². The Labute approximate surface area is 229 Å². The van der Waals surface area contributed by atoms with E-state index in [0.717, 1.165) is 5.69 Å². The van der Waals surface area contributed by atoms with Gasteiger partial charge in [-0.25, -0.2) is 28.4 Å². The highest BCUT2D eigenvalue weighted by Crippen LogP contribution is 2.22. The van der Waals surface area contributed by atoms with Gasteiger partial charge in [0.25, 0.3) is 10.0 Å². The highest BCUT2D eigenvalue weighted by molar-refractivity contribution is 7.92. The molecule has 3 heterocycles. The lowest BCUT2D eigenvalue weighted by Crippen LogP contribution is -2.14. The summed E-state index contributed by atoms with van der Waals surface area (Å²) in [6.07, 6.45) is 3.23. The van der Waals surface area contributed by atoms with Crippen molar-refractivity contribution < 1.29 is 13.2 Å². The number of anilines is 5. The number of carbonyl (C=O) groups excluding carboxylic acids is 1. The smallest absolute Gasteiger partial charge is 0.261 e. The first-order valence-electron chi connectivity index (χ1n) is 11.9. The van der Waals surface area contributed by atoms with Gasteiger partial charge >= 0.3 is 0 Å². The fourth-order valence-electron chi connectivity index (χ4n) is 3.60. The van der Waals surface area contributed by atoms with Gasteiger partial charge in [-0.05, 0) is 79.7 Å². The number of nitrogens with zero attached hydrogens (tertiary/aromatic N) is 5. The summed E-state index contributed by atoms with van der Waals surface area (Å²) in [7, 11) is -3.86. The predicted molar refractivity (Wildman–Crippen MR) is 151 cm³/mol. The lowest BCUT2D eigenvalue weighted by Gasteiger charge is -2.11. The van der Waals surface area contributed by atoms with E-state index in [1.54, 1.807) is 48.8 Å². The zero-order valence-electron chi connectivity index (χ0n) is 21.1. The van der Waals surface area contributed by atoms with E-state index >= 15 is 0 Å². The molecule has 0 aliphatic carbocycles. The zero-order chi connectivity index (χ0) is 28.1. The molecule has 13 heteroatoms. The van der Waals surface area contributed by atoms with Gasteiger partial charge in [-0.3, -0.25) is 9.52 Å². The van der Waals surface area contributed by atoms with Gasteiger partial charge in [0, 0.05) is 35.0 Å². The predicted octanol–water partition coefficient (Wildman–Crippen LogP) is 4.02. The summed E-state index contributed by atoms with van der Waals surface area (Å²) < 4.78 is 27.9. The number of nitrogens with two attached hydrogens (primary N) is 1. The van der Waals surface area contributed by atoms with E-state index in [9.17, 15) is 13.2 Å². The van der Waals surface area contributed by atoms with E-state index in [2.05, 4.69) is 40.3 Å². The van der Waals surface area contributed by atoms with Gasteiger partial charge < -0.3 is 16.4 Å². The number of amides is 1. The van der Waals surface area contributed by atoms with E-state index in [0.29, 0.717) is 40.5 Å². The number of rotatable bonds is 9. The van der Waals surface area contributed by atoms with Crippen molar-refractivity contribution in [3.05, 3.63) is 103 Å². The molecule has 5 rings (SSSR count). The summed E-state index contributed by atoms with van der Waals surface area (Å²) in [5.74, 6) is 1.22. The molecule has 0 saturated heterocycles. The monoisotopic (exact) mass is 553 g/mol. The number of aromatic nitrogens is 5. The van der Waals surface area contributed by atoms with Crippen LogP contribution in [0, 0.1) is 6.92 Å². The molecule has 1 amide bonds. The summed E-state index contributed by atoms with van der Waals surface area (Å²) in [5.41, 5.74) is 7.95. The molecule has 0 saturated carbocycles. The summed E-state index contributed by atoms with van der Waals surface area (Å²) in [6.45, 7) is 1.90. The summed E-state index contributed by atoms with van der Waals surface area (Å²) in [6, 6.07) is 21.0. The molecule has 200 valence electrons. The van der Waals surface area contributed by atoms with Gasteiger partial charge in [0.15, 0.2) is 5.82 Å². The zero-order valence-corrected chi connectivity index (χ0v) is 21.9. The molecule has 5 aromatic rings. The number of hydrogen-bond donors (Lipinski definition) is 4. The molecular formula is C27H23N9O3S. The molecule has 40 heavy (non-hydrogen) atoms. The van der Waals surface area contributed by atoms with Crippen LogP contribution in [0.15, 0.2) is 96.2 Å². The molecule has 0 fully saturated rings. The number of benzene rings is 2. The van der Waals surface area contributed by atoms with Gasteiger partial charge in [-0.1, -0.05) is 6.07 Å².